The maximum absolute atomic E-state index is 8.71. The van der Waals surface area contributed by atoms with Crippen LogP contribution in [-0.2, 0) is 0 Å². The van der Waals surface area contributed by atoms with Gasteiger partial charge in [-0.1, -0.05) is 38.8 Å². The van der Waals surface area contributed by atoms with Gasteiger partial charge in [0.25, 0.3) is 0 Å². The van der Waals surface area contributed by atoms with Gasteiger partial charge in [-0.15, -0.1) is 0 Å². The van der Waals surface area contributed by atoms with Gasteiger partial charge in [0.05, 0.1) is 0 Å². The van der Waals surface area contributed by atoms with Crippen LogP contribution in [-0.4, -0.2) is 35.1 Å². The minimum Gasteiger partial charge on any atom is -0.409 e. The lowest BCUT2D eigenvalue weighted by Crippen LogP contribution is -2.42. The van der Waals surface area contributed by atoms with Crippen LogP contribution < -0.4 is 5.73 Å². The number of rotatable bonds is 6. The first kappa shape index (κ1) is 14.3. The molecule has 1 fully saturated rings. The zero-order chi connectivity index (χ0) is 12.8. The highest BCUT2D eigenvalue weighted by Gasteiger charge is 2.25. The number of hydrogen-bond acceptors (Lipinski definition) is 3. The van der Waals surface area contributed by atoms with E-state index in [1.165, 1.54) is 25.7 Å². The summed E-state index contributed by atoms with van der Waals surface area (Å²) in [5.41, 5.74) is 5.67. The van der Waals surface area contributed by atoms with Gasteiger partial charge in [-0.05, 0) is 18.8 Å². The van der Waals surface area contributed by atoms with Crippen molar-refractivity contribution < 1.29 is 5.21 Å². The van der Waals surface area contributed by atoms with Gasteiger partial charge in [0.15, 0.2) is 0 Å². The molecule has 1 unspecified atom stereocenters. The minimum atomic E-state index is 0.124. The Morgan fingerprint density at radius 2 is 1.88 bits per heavy atom. The Bertz CT molecular complexity index is 247. The number of nitrogens with zero attached hydrogens (tertiary/aromatic N) is 2. The van der Waals surface area contributed by atoms with Crippen molar-refractivity contribution in [2.24, 2.45) is 22.7 Å². The van der Waals surface area contributed by atoms with Gasteiger partial charge in [0, 0.05) is 25.0 Å². The van der Waals surface area contributed by atoms with Crippen LogP contribution in [0.25, 0.3) is 0 Å². The van der Waals surface area contributed by atoms with Crippen molar-refractivity contribution in [3.8, 4) is 0 Å². The maximum atomic E-state index is 8.71. The Labute approximate surface area is 105 Å². The van der Waals surface area contributed by atoms with Crippen molar-refractivity contribution in [1.29, 1.82) is 0 Å². The average Bonchev–Trinajstić information content (AvgIpc) is 2.79. The lowest BCUT2D eigenvalue weighted by molar-refractivity contribution is 0.166. The summed E-state index contributed by atoms with van der Waals surface area (Å²) in [5.74, 6) is 1.13. The van der Waals surface area contributed by atoms with Crippen molar-refractivity contribution in [3.63, 3.8) is 0 Å². The van der Waals surface area contributed by atoms with E-state index in [-0.39, 0.29) is 5.92 Å². The molecule has 17 heavy (non-hydrogen) atoms. The molecule has 0 aromatic rings. The van der Waals surface area contributed by atoms with Gasteiger partial charge in [0.2, 0.25) is 0 Å². The van der Waals surface area contributed by atoms with E-state index in [2.05, 4.69) is 23.9 Å². The first-order chi connectivity index (χ1) is 8.04. The highest BCUT2D eigenvalue weighted by molar-refractivity contribution is 5.82. The van der Waals surface area contributed by atoms with Gasteiger partial charge in [0.1, 0.15) is 5.84 Å². The second-order valence-corrected chi connectivity index (χ2v) is 5.71. The lowest BCUT2D eigenvalue weighted by Gasteiger charge is -2.32. The van der Waals surface area contributed by atoms with Crippen molar-refractivity contribution in [1.82, 2.24) is 4.90 Å². The zero-order valence-electron chi connectivity index (χ0n) is 11.4. The molecule has 1 saturated carbocycles. The third kappa shape index (κ3) is 4.54. The van der Waals surface area contributed by atoms with Gasteiger partial charge >= 0.3 is 0 Å². The first-order valence-corrected chi connectivity index (χ1v) is 6.76. The highest BCUT2D eigenvalue weighted by atomic mass is 16.4. The molecule has 0 heterocycles. The van der Waals surface area contributed by atoms with Gasteiger partial charge < -0.3 is 10.9 Å². The predicted molar refractivity (Wildman–Crippen MR) is 71.2 cm³/mol. The zero-order valence-corrected chi connectivity index (χ0v) is 11.4. The molecular weight excluding hydrogens is 214 g/mol. The average molecular weight is 241 g/mol. The second-order valence-electron chi connectivity index (χ2n) is 5.71. The van der Waals surface area contributed by atoms with Crippen LogP contribution in [0.4, 0.5) is 0 Å². The summed E-state index contributed by atoms with van der Waals surface area (Å²) in [4.78, 5) is 2.53. The molecule has 0 aromatic heterocycles. The monoisotopic (exact) mass is 241 g/mol. The van der Waals surface area contributed by atoms with Crippen LogP contribution in [0, 0.1) is 11.8 Å². The largest absolute Gasteiger partial charge is 0.409 e. The standard InChI is InChI=1S/C13H27N3O/c1-10(2)8-16(12-6-4-5-7-12)9-11(3)13(14)15-17/h10-12,17H,4-9H2,1-3H3,(H2,14,15). The Kier molecular flexibility index (Phi) is 5.75. The van der Waals surface area contributed by atoms with E-state index in [1.807, 2.05) is 6.92 Å². The van der Waals surface area contributed by atoms with Gasteiger partial charge in [-0.3, -0.25) is 4.90 Å². The third-order valence-corrected chi connectivity index (χ3v) is 3.57. The van der Waals surface area contributed by atoms with Crippen LogP contribution in [0.15, 0.2) is 5.16 Å². The topological polar surface area (TPSA) is 61.8 Å². The molecule has 0 spiro atoms. The van der Waals surface area contributed by atoms with Crippen molar-refractivity contribution in [3.05, 3.63) is 0 Å². The quantitative estimate of drug-likeness (QED) is 0.324. The molecule has 0 bridgehead atoms. The molecular formula is C13H27N3O. The van der Waals surface area contributed by atoms with Crippen LogP contribution in [0.2, 0.25) is 0 Å². The summed E-state index contributed by atoms with van der Waals surface area (Å²) in [6.07, 6.45) is 5.29. The molecule has 0 amide bonds. The van der Waals surface area contributed by atoms with Crippen molar-refractivity contribution in [2.45, 2.75) is 52.5 Å². The molecule has 0 saturated heterocycles. The number of hydrogen-bond donors (Lipinski definition) is 2. The van der Waals surface area contributed by atoms with E-state index >= 15 is 0 Å². The van der Waals surface area contributed by atoms with E-state index in [4.69, 9.17) is 10.9 Å². The van der Waals surface area contributed by atoms with E-state index in [0.717, 1.165) is 13.1 Å². The molecule has 0 radical (unpaired) electrons. The molecule has 0 aliphatic heterocycles. The molecule has 1 rings (SSSR count). The smallest absolute Gasteiger partial charge is 0.143 e. The normalized spacial score (nSPS) is 20.4. The SMILES string of the molecule is CC(C)CN(CC(C)C(N)=NO)C1CCCC1. The maximum Gasteiger partial charge on any atom is 0.143 e. The highest BCUT2D eigenvalue weighted by Crippen LogP contribution is 2.25. The summed E-state index contributed by atoms with van der Waals surface area (Å²) in [7, 11) is 0. The Hall–Kier alpha value is -0.770. The van der Waals surface area contributed by atoms with Crippen LogP contribution >= 0.6 is 0 Å². The van der Waals surface area contributed by atoms with E-state index in [1.54, 1.807) is 0 Å². The molecule has 0 aromatic carbocycles. The lowest BCUT2D eigenvalue weighted by atomic mass is 10.1. The Morgan fingerprint density at radius 3 is 2.35 bits per heavy atom. The summed E-state index contributed by atoms with van der Waals surface area (Å²) in [5, 5.41) is 11.8. The van der Waals surface area contributed by atoms with Gasteiger partial charge in [-0.2, -0.15) is 0 Å². The molecule has 4 heteroatoms. The van der Waals surface area contributed by atoms with E-state index in [9.17, 15) is 0 Å². The van der Waals surface area contributed by atoms with Crippen molar-refractivity contribution in [2.75, 3.05) is 13.1 Å². The fourth-order valence-corrected chi connectivity index (χ4v) is 2.65. The first-order valence-electron chi connectivity index (χ1n) is 6.76. The third-order valence-electron chi connectivity index (χ3n) is 3.57. The Morgan fingerprint density at radius 1 is 1.29 bits per heavy atom. The van der Waals surface area contributed by atoms with E-state index in [0.29, 0.717) is 17.8 Å². The van der Waals surface area contributed by atoms with E-state index < -0.39 is 0 Å². The summed E-state index contributed by atoms with van der Waals surface area (Å²) in [6, 6.07) is 0.700. The fraction of sp³-hybridized carbons (Fsp3) is 0.923. The van der Waals surface area contributed by atoms with Crippen LogP contribution in [0.3, 0.4) is 0 Å². The number of amidine groups is 1. The Balaban J connectivity index is 2.56. The second kappa shape index (κ2) is 6.84. The minimum absolute atomic E-state index is 0.124. The van der Waals surface area contributed by atoms with Crippen molar-refractivity contribution >= 4 is 5.84 Å². The molecule has 1 aliphatic rings. The molecule has 1 atom stereocenters. The fourth-order valence-electron chi connectivity index (χ4n) is 2.65. The molecule has 3 N–H and O–H groups in total. The summed E-state index contributed by atoms with van der Waals surface area (Å²) >= 11 is 0. The molecule has 4 nitrogen and oxygen atoms in total. The summed E-state index contributed by atoms with van der Waals surface area (Å²) in [6.45, 7) is 8.52. The summed E-state index contributed by atoms with van der Waals surface area (Å²) < 4.78 is 0. The van der Waals surface area contributed by atoms with Crippen LogP contribution in [0.5, 0.6) is 0 Å². The number of oxime groups is 1. The predicted octanol–water partition coefficient (Wildman–Crippen LogP) is 2.27. The van der Waals surface area contributed by atoms with Crippen LogP contribution in [0.1, 0.15) is 46.5 Å². The molecule has 100 valence electrons. The molecule has 1 aliphatic carbocycles. The van der Waals surface area contributed by atoms with Gasteiger partial charge in [-0.25, -0.2) is 0 Å². The number of nitrogens with two attached hydrogens (primary N) is 1.